The van der Waals surface area contributed by atoms with Gasteiger partial charge in [-0.25, -0.2) is 8.42 Å². The van der Waals surface area contributed by atoms with Crippen LogP contribution in [0.3, 0.4) is 0 Å². The molecule has 2 aromatic carbocycles. The molecule has 2 rings (SSSR count). The van der Waals surface area contributed by atoms with Gasteiger partial charge in [0.1, 0.15) is 6.04 Å². The molecule has 0 spiro atoms. The summed E-state index contributed by atoms with van der Waals surface area (Å²) >= 11 is 0. The van der Waals surface area contributed by atoms with E-state index in [4.69, 9.17) is 0 Å². The van der Waals surface area contributed by atoms with Crippen LogP contribution in [-0.2, 0) is 14.6 Å². The molecule has 1 atom stereocenters. The van der Waals surface area contributed by atoms with E-state index in [0.29, 0.717) is 5.56 Å². The lowest BCUT2D eigenvalue weighted by atomic mass is 10.0. The van der Waals surface area contributed by atoms with Crippen LogP contribution < -0.4 is 5.32 Å². The highest BCUT2D eigenvalue weighted by molar-refractivity contribution is 7.90. The van der Waals surface area contributed by atoms with Gasteiger partial charge in [0.05, 0.1) is 4.90 Å². The smallest absolute Gasteiger partial charge is 0.252 e. The summed E-state index contributed by atoms with van der Waals surface area (Å²) in [5, 5.41) is 2.71. The number of hydrogen-bond acceptors (Lipinski definition) is 4. The lowest BCUT2D eigenvalue weighted by molar-refractivity contribution is -0.130. The number of nitrogens with zero attached hydrogens (tertiary/aromatic N) is 1. The van der Waals surface area contributed by atoms with Gasteiger partial charge < -0.3 is 10.2 Å². The molecule has 7 heteroatoms. The van der Waals surface area contributed by atoms with Crippen LogP contribution in [0.2, 0.25) is 0 Å². The topological polar surface area (TPSA) is 83.6 Å². The van der Waals surface area contributed by atoms with E-state index >= 15 is 0 Å². The average Bonchev–Trinajstić information content (AvgIpc) is 2.59. The molecule has 0 radical (unpaired) electrons. The number of amides is 2. The number of sulfone groups is 1. The van der Waals surface area contributed by atoms with Crippen LogP contribution in [0, 0.1) is 0 Å². The van der Waals surface area contributed by atoms with Gasteiger partial charge in [0.15, 0.2) is 9.84 Å². The van der Waals surface area contributed by atoms with Gasteiger partial charge in [-0.05, 0) is 29.8 Å². The van der Waals surface area contributed by atoms with Gasteiger partial charge in [-0.2, -0.15) is 0 Å². The molecule has 0 saturated carbocycles. The van der Waals surface area contributed by atoms with E-state index < -0.39 is 21.8 Å². The largest absolute Gasteiger partial charge is 0.347 e. The van der Waals surface area contributed by atoms with Crippen LogP contribution in [-0.4, -0.2) is 45.5 Å². The summed E-state index contributed by atoms with van der Waals surface area (Å²) in [7, 11) is -0.0957. The minimum atomic E-state index is -3.33. The molecule has 6 nitrogen and oxygen atoms in total. The quantitative estimate of drug-likeness (QED) is 0.879. The summed E-state index contributed by atoms with van der Waals surface area (Å²) in [6.45, 7) is 0. The van der Waals surface area contributed by atoms with Crippen molar-refractivity contribution < 1.29 is 18.0 Å². The number of rotatable bonds is 5. The van der Waals surface area contributed by atoms with Crippen molar-refractivity contribution in [3.05, 3.63) is 65.7 Å². The Balaban J connectivity index is 2.26. The van der Waals surface area contributed by atoms with Crippen molar-refractivity contribution in [3.63, 3.8) is 0 Å². The van der Waals surface area contributed by atoms with Gasteiger partial charge >= 0.3 is 0 Å². The summed E-state index contributed by atoms with van der Waals surface area (Å²) < 4.78 is 23.0. The Kier molecular flexibility index (Phi) is 5.58. The third kappa shape index (κ3) is 4.67. The highest BCUT2D eigenvalue weighted by atomic mass is 32.2. The average molecular weight is 360 g/mol. The van der Waals surface area contributed by atoms with E-state index in [1.165, 1.54) is 29.2 Å². The van der Waals surface area contributed by atoms with Crippen molar-refractivity contribution in [1.29, 1.82) is 0 Å². The maximum absolute atomic E-state index is 12.5. The first-order valence-electron chi connectivity index (χ1n) is 7.57. The molecule has 132 valence electrons. The predicted octanol–water partition coefficient (Wildman–Crippen LogP) is 1.65. The van der Waals surface area contributed by atoms with Crippen LogP contribution in [0.15, 0.2) is 59.5 Å². The fourth-order valence-electron chi connectivity index (χ4n) is 2.26. The fraction of sp³-hybridized carbons (Fsp3) is 0.222. The van der Waals surface area contributed by atoms with Crippen LogP contribution >= 0.6 is 0 Å². The monoisotopic (exact) mass is 360 g/mol. The van der Waals surface area contributed by atoms with Crippen molar-refractivity contribution in [1.82, 2.24) is 10.2 Å². The van der Waals surface area contributed by atoms with Crippen molar-refractivity contribution in [2.24, 2.45) is 0 Å². The second-order valence-electron chi connectivity index (χ2n) is 5.85. The molecule has 25 heavy (non-hydrogen) atoms. The molecule has 0 bridgehead atoms. The molecule has 2 amide bonds. The Morgan fingerprint density at radius 1 is 0.960 bits per heavy atom. The molecule has 1 N–H and O–H groups in total. The van der Waals surface area contributed by atoms with Gasteiger partial charge in [-0.1, -0.05) is 30.3 Å². The second-order valence-corrected chi connectivity index (χ2v) is 7.86. The van der Waals surface area contributed by atoms with Gasteiger partial charge in [0, 0.05) is 25.9 Å². The first kappa shape index (κ1) is 18.7. The minimum Gasteiger partial charge on any atom is -0.347 e. The lowest BCUT2D eigenvalue weighted by Gasteiger charge is -2.22. The third-order valence-electron chi connectivity index (χ3n) is 3.64. The minimum absolute atomic E-state index is 0.132. The summed E-state index contributed by atoms with van der Waals surface area (Å²) in [6, 6.07) is 13.7. The third-order valence-corrected chi connectivity index (χ3v) is 4.77. The Labute approximate surface area is 147 Å². The molecule has 2 aromatic rings. The SMILES string of the molecule is CN(C)C(=O)[C@@H](NC(=O)c1ccc(S(C)(=O)=O)cc1)c1ccccc1. The highest BCUT2D eigenvalue weighted by Crippen LogP contribution is 2.17. The fourth-order valence-corrected chi connectivity index (χ4v) is 2.89. The van der Waals surface area contributed by atoms with E-state index in [0.717, 1.165) is 6.26 Å². The maximum atomic E-state index is 12.5. The number of likely N-dealkylation sites (N-methyl/N-ethyl adjacent to an activating group) is 1. The number of nitrogens with one attached hydrogen (secondary N) is 1. The van der Waals surface area contributed by atoms with E-state index in [-0.39, 0.29) is 16.4 Å². The normalized spacial score (nSPS) is 12.3. The highest BCUT2D eigenvalue weighted by Gasteiger charge is 2.24. The van der Waals surface area contributed by atoms with Crippen molar-refractivity contribution in [2.75, 3.05) is 20.4 Å². The van der Waals surface area contributed by atoms with Gasteiger partial charge in [-0.3, -0.25) is 9.59 Å². The molecule has 0 aliphatic carbocycles. The Morgan fingerprint density at radius 2 is 1.52 bits per heavy atom. The molecule has 0 aliphatic heterocycles. The zero-order valence-electron chi connectivity index (χ0n) is 14.3. The zero-order chi connectivity index (χ0) is 18.6. The molecule has 0 aromatic heterocycles. The molecule has 0 unspecified atom stereocenters. The maximum Gasteiger partial charge on any atom is 0.252 e. The molecule has 0 aliphatic rings. The van der Waals surface area contributed by atoms with Crippen molar-refractivity contribution in [2.45, 2.75) is 10.9 Å². The lowest BCUT2D eigenvalue weighted by Crippen LogP contribution is -2.39. The molecular formula is C18H20N2O4S. The summed E-state index contributed by atoms with van der Waals surface area (Å²) in [5.74, 6) is -0.712. The molecule has 0 heterocycles. The molecular weight excluding hydrogens is 340 g/mol. The Bertz CT molecular complexity index is 860. The molecule has 0 saturated heterocycles. The van der Waals surface area contributed by atoms with Gasteiger partial charge in [-0.15, -0.1) is 0 Å². The first-order valence-corrected chi connectivity index (χ1v) is 9.46. The van der Waals surface area contributed by atoms with E-state index in [2.05, 4.69) is 5.32 Å². The van der Waals surface area contributed by atoms with Crippen molar-refractivity contribution >= 4 is 21.7 Å². The Morgan fingerprint density at radius 3 is 2.00 bits per heavy atom. The number of carbonyl (C=O) groups excluding carboxylic acids is 2. The number of benzene rings is 2. The summed E-state index contributed by atoms with van der Waals surface area (Å²) in [6.07, 6.45) is 1.10. The number of carbonyl (C=O) groups is 2. The van der Waals surface area contributed by atoms with Crippen LogP contribution in [0.4, 0.5) is 0 Å². The van der Waals surface area contributed by atoms with Crippen LogP contribution in [0.1, 0.15) is 22.0 Å². The number of hydrogen-bond donors (Lipinski definition) is 1. The van der Waals surface area contributed by atoms with Crippen LogP contribution in [0.25, 0.3) is 0 Å². The van der Waals surface area contributed by atoms with E-state index in [9.17, 15) is 18.0 Å². The standard InChI is InChI=1S/C18H20N2O4S/c1-20(2)18(22)16(13-7-5-4-6-8-13)19-17(21)14-9-11-15(12-10-14)25(3,23)24/h4-12,16H,1-3H3,(H,19,21)/t16-/m0/s1. The predicted molar refractivity (Wildman–Crippen MR) is 94.9 cm³/mol. The van der Waals surface area contributed by atoms with Gasteiger partial charge in [0.2, 0.25) is 5.91 Å². The zero-order valence-corrected chi connectivity index (χ0v) is 15.1. The Hall–Kier alpha value is -2.67. The summed E-state index contributed by atoms with van der Waals surface area (Å²) in [5.41, 5.74) is 0.946. The van der Waals surface area contributed by atoms with E-state index in [1.54, 1.807) is 38.4 Å². The second kappa shape index (κ2) is 7.48. The molecule has 0 fully saturated rings. The first-order chi connectivity index (χ1) is 11.7. The van der Waals surface area contributed by atoms with Gasteiger partial charge in [0.25, 0.3) is 5.91 Å². The van der Waals surface area contributed by atoms with E-state index in [1.807, 2.05) is 6.07 Å². The van der Waals surface area contributed by atoms with Crippen LogP contribution in [0.5, 0.6) is 0 Å². The van der Waals surface area contributed by atoms with Crippen molar-refractivity contribution in [3.8, 4) is 0 Å². The summed E-state index contributed by atoms with van der Waals surface area (Å²) in [4.78, 5) is 26.5.